The molecule has 2 aromatic rings. The SMILES string of the molecule is Cc1c(S(=O)(=O)N2CCN(C(=O)C(C)n3nc(C(F)(F)F)c(Cl)c3C3CC3)CC2)cnn1C. The Morgan fingerprint density at radius 3 is 2.30 bits per heavy atom. The molecule has 0 radical (unpaired) electrons. The van der Waals surface area contributed by atoms with E-state index in [-0.39, 0.29) is 42.7 Å². The predicted molar refractivity (Wildman–Crippen MR) is 112 cm³/mol. The predicted octanol–water partition coefficient (Wildman–Crippen LogP) is 2.57. The number of rotatable bonds is 5. The van der Waals surface area contributed by atoms with Gasteiger partial charge < -0.3 is 4.90 Å². The van der Waals surface area contributed by atoms with Crippen LogP contribution >= 0.6 is 11.6 Å². The summed E-state index contributed by atoms with van der Waals surface area (Å²) in [5, 5.41) is 7.19. The summed E-state index contributed by atoms with van der Waals surface area (Å²) in [5.74, 6) is -0.583. The van der Waals surface area contributed by atoms with Crippen LogP contribution in [0.1, 0.15) is 48.8 Å². The van der Waals surface area contributed by atoms with Crippen LogP contribution in [0.25, 0.3) is 0 Å². The molecule has 2 aliphatic rings. The molecular formula is C19H24ClF3N6O3S. The van der Waals surface area contributed by atoms with Crippen LogP contribution in [0.15, 0.2) is 11.1 Å². The molecule has 33 heavy (non-hydrogen) atoms. The smallest absolute Gasteiger partial charge is 0.338 e. The lowest BCUT2D eigenvalue weighted by Crippen LogP contribution is -2.52. The number of aromatic nitrogens is 4. The Morgan fingerprint density at radius 1 is 1.21 bits per heavy atom. The Balaban J connectivity index is 1.50. The Kier molecular flexibility index (Phi) is 6.02. The molecule has 2 fully saturated rings. The lowest BCUT2D eigenvalue weighted by Gasteiger charge is -2.35. The molecule has 4 rings (SSSR count). The topological polar surface area (TPSA) is 93.3 Å². The number of nitrogens with zero attached hydrogens (tertiary/aromatic N) is 6. The molecule has 0 N–H and O–H groups in total. The van der Waals surface area contributed by atoms with E-state index in [0.29, 0.717) is 18.5 Å². The number of alkyl halides is 3. The monoisotopic (exact) mass is 508 g/mol. The molecule has 0 aromatic carbocycles. The first-order chi connectivity index (χ1) is 15.3. The molecule has 1 saturated carbocycles. The largest absolute Gasteiger partial charge is 0.436 e. The van der Waals surface area contributed by atoms with Crippen LogP contribution in [0.2, 0.25) is 5.02 Å². The van der Waals surface area contributed by atoms with Crippen molar-refractivity contribution >= 4 is 27.5 Å². The van der Waals surface area contributed by atoms with Crippen molar-refractivity contribution in [1.29, 1.82) is 0 Å². The average molecular weight is 509 g/mol. The molecule has 0 bridgehead atoms. The van der Waals surface area contributed by atoms with E-state index >= 15 is 0 Å². The molecule has 1 unspecified atom stereocenters. The molecule has 2 aromatic heterocycles. The maximum absolute atomic E-state index is 13.3. The molecule has 1 aliphatic carbocycles. The van der Waals surface area contributed by atoms with Crippen LogP contribution in [0.3, 0.4) is 0 Å². The fourth-order valence-corrected chi connectivity index (χ4v) is 6.01. The van der Waals surface area contributed by atoms with E-state index in [1.54, 1.807) is 14.0 Å². The van der Waals surface area contributed by atoms with Gasteiger partial charge in [0.05, 0.1) is 22.6 Å². The molecular weight excluding hydrogens is 485 g/mol. The highest BCUT2D eigenvalue weighted by Gasteiger charge is 2.44. The van der Waals surface area contributed by atoms with Gasteiger partial charge in [-0.05, 0) is 26.7 Å². The maximum atomic E-state index is 13.3. The number of piperazine rings is 1. The van der Waals surface area contributed by atoms with E-state index in [1.807, 2.05) is 0 Å². The van der Waals surface area contributed by atoms with Gasteiger partial charge >= 0.3 is 6.18 Å². The normalized spacial score (nSPS) is 19.2. The second-order valence-corrected chi connectivity index (χ2v) is 10.7. The van der Waals surface area contributed by atoms with E-state index in [1.165, 1.54) is 27.0 Å². The second kappa shape index (κ2) is 8.27. The first kappa shape index (κ1) is 24.0. The van der Waals surface area contributed by atoms with Crippen LogP contribution in [0.4, 0.5) is 13.2 Å². The van der Waals surface area contributed by atoms with Gasteiger partial charge in [-0.25, -0.2) is 8.42 Å². The number of halogens is 4. The molecule has 9 nitrogen and oxygen atoms in total. The summed E-state index contributed by atoms with van der Waals surface area (Å²) < 4.78 is 69.8. The lowest BCUT2D eigenvalue weighted by atomic mass is 10.2. The summed E-state index contributed by atoms with van der Waals surface area (Å²) >= 11 is 6.02. The van der Waals surface area contributed by atoms with E-state index in [2.05, 4.69) is 10.2 Å². The molecule has 1 amide bonds. The van der Waals surface area contributed by atoms with Crippen molar-refractivity contribution in [1.82, 2.24) is 28.8 Å². The standard InChI is InChI=1S/C19H24ClF3N6O3S/c1-11-14(10-24-26(11)3)33(31,32)28-8-6-27(7-9-28)18(30)12(2)29-16(13-4-5-13)15(20)17(25-29)19(21,22)23/h10,12-13H,4-9H2,1-3H3. The second-order valence-electron chi connectivity index (χ2n) is 8.39. The van der Waals surface area contributed by atoms with E-state index in [4.69, 9.17) is 11.6 Å². The summed E-state index contributed by atoms with van der Waals surface area (Å²) in [5.41, 5.74) is -0.447. The summed E-state index contributed by atoms with van der Waals surface area (Å²) in [6.07, 6.45) is -2.05. The van der Waals surface area contributed by atoms with Crippen molar-refractivity contribution < 1.29 is 26.4 Å². The summed E-state index contributed by atoms with van der Waals surface area (Å²) in [6, 6.07) is -1.00. The first-order valence-corrected chi connectivity index (χ1v) is 12.3. The van der Waals surface area contributed by atoms with Crippen molar-refractivity contribution in [2.45, 2.75) is 49.7 Å². The zero-order chi connectivity index (χ0) is 24.3. The van der Waals surface area contributed by atoms with Gasteiger partial charge in [0.2, 0.25) is 15.9 Å². The van der Waals surface area contributed by atoms with Gasteiger partial charge in [0.1, 0.15) is 10.9 Å². The third-order valence-electron chi connectivity index (χ3n) is 6.20. The van der Waals surface area contributed by atoms with Crippen molar-refractivity contribution in [3.63, 3.8) is 0 Å². The number of carbonyl (C=O) groups excluding carboxylic acids is 1. The number of carbonyl (C=O) groups is 1. The van der Waals surface area contributed by atoms with Crippen molar-refractivity contribution in [2.75, 3.05) is 26.2 Å². The van der Waals surface area contributed by atoms with Crippen LogP contribution in [-0.4, -0.2) is 69.3 Å². The van der Waals surface area contributed by atoms with Crippen LogP contribution in [0, 0.1) is 6.92 Å². The summed E-state index contributed by atoms with van der Waals surface area (Å²) in [6.45, 7) is 3.50. The quantitative estimate of drug-likeness (QED) is 0.619. The number of hydrogen-bond donors (Lipinski definition) is 0. The Bertz CT molecular complexity index is 1180. The van der Waals surface area contributed by atoms with Gasteiger partial charge in [-0.3, -0.25) is 14.2 Å². The lowest BCUT2D eigenvalue weighted by molar-refractivity contribution is -0.142. The number of hydrogen-bond acceptors (Lipinski definition) is 5. The van der Waals surface area contributed by atoms with Gasteiger partial charge in [-0.2, -0.15) is 27.7 Å². The molecule has 3 heterocycles. The van der Waals surface area contributed by atoms with Gasteiger partial charge in [-0.1, -0.05) is 11.6 Å². The highest BCUT2D eigenvalue weighted by atomic mass is 35.5. The van der Waals surface area contributed by atoms with Crippen LogP contribution in [-0.2, 0) is 28.0 Å². The van der Waals surface area contributed by atoms with Gasteiger partial charge in [0.25, 0.3) is 0 Å². The van der Waals surface area contributed by atoms with Gasteiger partial charge in [0, 0.05) is 39.1 Å². The Hall–Kier alpha value is -2.12. The minimum absolute atomic E-state index is 0.0677. The minimum Gasteiger partial charge on any atom is -0.338 e. The van der Waals surface area contributed by atoms with Gasteiger partial charge in [0.15, 0.2) is 5.69 Å². The van der Waals surface area contributed by atoms with Crippen LogP contribution in [0.5, 0.6) is 0 Å². The number of sulfonamides is 1. The molecule has 1 aliphatic heterocycles. The fourth-order valence-electron chi connectivity index (χ4n) is 4.02. The first-order valence-electron chi connectivity index (χ1n) is 10.5. The molecule has 1 saturated heterocycles. The third-order valence-corrected chi connectivity index (χ3v) is 8.58. The highest BCUT2D eigenvalue weighted by Crippen LogP contribution is 2.47. The minimum atomic E-state index is -4.72. The molecule has 1 atom stereocenters. The molecule has 182 valence electrons. The van der Waals surface area contributed by atoms with Crippen molar-refractivity contribution in [3.8, 4) is 0 Å². The zero-order valence-corrected chi connectivity index (χ0v) is 19.9. The molecule has 14 heteroatoms. The summed E-state index contributed by atoms with van der Waals surface area (Å²) in [7, 11) is -2.12. The van der Waals surface area contributed by atoms with Crippen molar-refractivity contribution in [2.24, 2.45) is 7.05 Å². The third kappa shape index (κ3) is 4.26. The van der Waals surface area contributed by atoms with Crippen LogP contribution < -0.4 is 0 Å². The fraction of sp³-hybridized carbons (Fsp3) is 0.632. The Morgan fingerprint density at radius 2 is 1.82 bits per heavy atom. The Labute approximate surface area is 194 Å². The van der Waals surface area contributed by atoms with Gasteiger partial charge in [-0.15, -0.1) is 0 Å². The number of amides is 1. The van der Waals surface area contributed by atoms with Crippen molar-refractivity contribution in [3.05, 3.63) is 28.3 Å². The highest BCUT2D eigenvalue weighted by molar-refractivity contribution is 7.89. The average Bonchev–Trinajstić information content (AvgIpc) is 3.44. The molecule has 0 spiro atoms. The number of aryl methyl sites for hydroxylation is 1. The van der Waals surface area contributed by atoms with E-state index < -0.39 is 38.9 Å². The van der Waals surface area contributed by atoms with E-state index in [9.17, 15) is 26.4 Å². The van der Waals surface area contributed by atoms with E-state index in [0.717, 1.165) is 4.68 Å². The zero-order valence-electron chi connectivity index (χ0n) is 18.3. The maximum Gasteiger partial charge on any atom is 0.436 e. The summed E-state index contributed by atoms with van der Waals surface area (Å²) in [4.78, 5) is 14.7.